The average molecular weight is 234 g/mol. The van der Waals surface area contributed by atoms with E-state index < -0.39 is 0 Å². The number of aromatic hydroxyl groups is 1. The molecule has 0 heterocycles. The Morgan fingerprint density at radius 3 is 2.73 bits per heavy atom. The third-order valence-electron chi connectivity index (χ3n) is 2.26. The molecule has 0 saturated heterocycles. The Kier molecular flexibility index (Phi) is 6.29. The van der Waals surface area contributed by atoms with Gasteiger partial charge >= 0.3 is 0 Å². The Morgan fingerprint density at radius 1 is 1.47 bits per heavy atom. The Labute approximate surface area is 95.7 Å². The largest absolute Gasteiger partial charge is 0.508 e. The molecule has 0 spiro atoms. The lowest BCUT2D eigenvalue weighted by atomic mass is 10.0. The maximum atomic E-state index is 12.9. The minimum atomic E-state index is -0.357. The topological polar surface area (TPSA) is 46.2 Å². The number of hydrogen-bond acceptors (Lipinski definition) is 2. The van der Waals surface area contributed by atoms with Gasteiger partial charge in [-0.3, -0.25) is 0 Å². The lowest BCUT2D eigenvalue weighted by molar-refractivity contribution is 0.453. The summed E-state index contributed by atoms with van der Waals surface area (Å²) in [5.74, 6) is -0.278. The molecule has 4 heteroatoms. The van der Waals surface area contributed by atoms with Gasteiger partial charge in [-0.2, -0.15) is 0 Å². The maximum Gasteiger partial charge on any atom is 0.123 e. The number of halogens is 2. The normalized spacial score (nSPS) is 11.9. The third kappa shape index (κ3) is 4.06. The van der Waals surface area contributed by atoms with Crippen LogP contribution in [0.15, 0.2) is 18.2 Å². The summed E-state index contributed by atoms with van der Waals surface area (Å²) in [5, 5.41) is 9.46. The summed E-state index contributed by atoms with van der Waals surface area (Å²) in [5.41, 5.74) is 6.32. The van der Waals surface area contributed by atoms with Gasteiger partial charge in [0.15, 0.2) is 0 Å². The number of unbranched alkanes of at least 4 members (excludes halogenated alkanes) is 1. The van der Waals surface area contributed by atoms with E-state index in [0.29, 0.717) is 5.56 Å². The molecule has 1 atom stereocenters. The van der Waals surface area contributed by atoms with Crippen molar-refractivity contribution in [1.29, 1.82) is 0 Å². The van der Waals surface area contributed by atoms with Gasteiger partial charge in [0, 0.05) is 11.6 Å². The fraction of sp³-hybridized carbons (Fsp3) is 0.455. The second kappa shape index (κ2) is 6.64. The zero-order valence-electron chi connectivity index (χ0n) is 8.74. The van der Waals surface area contributed by atoms with Crippen LogP contribution in [-0.4, -0.2) is 5.11 Å². The van der Waals surface area contributed by atoms with E-state index in [1.54, 1.807) is 0 Å². The van der Waals surface area contributed by atoms with E-state index in [1.165, 1.54) is 18.2 Å². The molecule has 0 bridgehead atoms. The first kappa shape index (κ1) is 14.2. The quantitative estimate of drug-likeness (QED) is 0.839. The predicted molar refractivity (Wildman–Crippen MR) is 61.8 cm³/mol. The van der Waals surface area contributed by atoms with Crippen LogP contribution in [-0.2, 0) is 0 Å². The van der Waals surface area contributed by atoms with Gasteiger partial charge < -0.3 is 10.8 Å². The van der Waals surface area contributed by atoms with E-state index >= 15 is 0 Å². The van der Waals surface area contributed by atoms with Crippen LogP contribution in [0.5, 0.6) is 5.75 Å². The van der Waals surface area contributed by atoms with Crippen molar-refractivity contribution in [3.63, 3.8) is 0 Å². The summed E-state index contributed by atoms with van der Waals surface area (Å²) in [7, 11) is 0. The van der Waals surface area contributed by atoms with Crippen LogP contribution in [0.25, 0.3) is 0 Å². The standard InChI is InChI=1S/C11H16FNO.ClH/c1-2-3-4-10(13)9-7-8(12)5-6-11(9)14;/h5-7,10,14H,2-4,13H2,1H3;1H. The highest BCUT2D eigenvalue weighted by atomic mass is 35.5. The molecule has 0 aliphatic rings. The van der Waals surface area contributed by atoms with Crippen LogP contribution in [0.2, 0.25) is 0 Å². The van der Waals surface area contributed by atoms with Crippen LogP contribution in [0.3, 0.4) is 0 Å². The number of hydrogen-bond donors (Lipinski definition) is 2. The minimum Gasteiger partial charge on any atom is -0.508 e. The van der Waals surface area contributed by atoms with Gasteiger partial charge in [0.05, 0.1) is 0 Å². The molecular weight excluding hydrogens is 217 g/mol. The highest BCUT2D eigenvalue weighted by Gasteiger charge is 2.10. The van der Waals surface area contributed by atoms with Crippen LogP contribution in [0.1, 0.15) is 37.8 Å². The monoisotopic (exact) mass is 233 g/mol. The molecule has 0 aliphatic carbocycles. The molecule has 3 N–H and O–H groups in total. The average Bonchev–Trinajstić information content (AvgIpc) is 2.18. The minimum absolute atomic E-state index is 0. The molecule has 1 aromatic rings. The van der Waals surface area contributed by atoms with Gasteiger partial charge in [-0.05, 0) is 24.6 Å². The predicted octanol–water partition coefficient (Wildman–Crippen LogP) is 3.14. The third-order valence-corrected chi connectivity index (χ3v) is 2.26. The van der Waals surface area contributed by atoms with Crippen molar-refractivity contribution >= 4 is 12.4 Å². The van der Waals surface area contributed by atoms with Crippen molar-refractivity contribution in [2.45, 2.75) is 32.2 Å². The first-order valence-electron chi connectivity index (χ1n) is 4.89. The van der Waals surface area contributed by atoms with E-state index in [-0.39, 0.29) is 30.0 Å². The molecule has 0 radical (unpaired) electrons. The Morgan fingerprint density at radius 2 is 2.13 bits per heavy atom. The molecule has 15 heavy (non-hydrogen) atoms. The number of nitrogens with two attached hydrogens (primary N) is 1. The number of benzene rings is 1. The van der Waals surface area contributed by atoms with Crippen molar-refractivity contribution < 1.29 is 9.50 Å². The summed E-state index contributed by atoms with van der Waals surface area (Å²) >= 11 is 0. The van der Waals surface area contributed by atoms with E-state index in [9.17, 15) is 9.50 Å². The lowest BCUT2D eigenvalue weighted by Gasteiger charge is -2.12. The summed E-state index contributed by atoms with van der Waals surface area (Å²) in [6, 6.07) is 3.60. The molecule has 0 fully saturated rings. The van der Waals surface area contributed by atoms with Crippen molar-refractivity contribution in [3.8, 4) is 5.75 Å². The zero-order chi connectivity index (χ0) is 10.6. The molecule has 0 amide bonds. The van der Waals surface area contributed by atoms with Gasteiger partial charge in [-0.15, -0.1) is 12.4 Å². The van der Waals surface area contributed by atoms with Crippen molar-refractivity contribution in [2.75, 3.05) is 0 Å². The van der Waals surface area contributed by atoms with Crippen molar-refractivity contribution in [2.24, 2.45) is 5.73 Å². The van der Waals surface area contributed by atoms with E-state index in [2.05, 4.69) is 6.92 Å². The van der Waals surface area contributed by atoms with Gasteiger partial charge in [-0.25, -0.2) is 4.39 Å². The number of rotatable bonds is 4. The summed E-state index contributed by atoms with van der Waals surface area (Å²) in [4.78, 5) is 0. The van der Waals surface area contributed by atoms with Gasteiger partial charge in [0.1, 0.15) is 11.6 Å². The molecule has 86 valence electrons. The highest BCUT2D eigenvalue weighted by Crippen LogP contribution is 2.26. The Balaban J connectivity index is 0.00000196. The zero-order valence-corrected chi connectivity index (χ0v) is 9.56. The first-order chi connectivity index (χ1) is 6.65. The summed E-state index contributed by atoms with van der Waals surface area (Å²) in [6.07, 6.45) is 2.80. The van der Waals surface area contributed by atoms with E-state index in [0.717, 1.165) is 19.3 Å². The SMILES string of the molecule is CCCCC(N)c1cc(F)ccc1O.Cl. The second-order valence-corrected chi connectivity index (χ2v) is 3.45. The van der Waals surface area contributed by atoms with Crippen molar-refractivity contribution in [1.82, 2.24) is 0 Å². The van der Waals surface area contributed by atoms with E-state index in [1.807, 2.05) is 0 Å². The smallest absolute Gasteiger partial charge is 0.123 e. The molecule has 1 aromatic carbocycles. The molecule has 1 unspecified atom stereocenters. The second-order valence-electron chi connectivity index (χ2n) is 3.45. The lowest BCUT2D eigenvalue weighted by Crippen LogP contribution is -2.10. The first-order valence-corrected chi connectivity index (χ1v) is 4.89. The fourth-order valence-corrected chi connectivity index (χ4v) is 1.40. The van der Waals surface area contributed by atoms with Gasteiger partial charge in [-0.1, -0.05) is 19.8 Å². The van der Waals surface area contributed by atoms with Crippen LogP contribution >= 0.6 is 12.4 Å². The van der Waals surface area contributed by atoms with Crippen molar-refractivity contribution in [3.05, 3.63) is 29.6 Å². The fourth-order valence-electron chi connectivity index (χ4n) is 1.40. The number of phenols is 1. The van der Waals surface area contributed by atoms with Gasteiger partial charge in [0.25, 0.3) is 0 Å². The molecule has 2 nitrogen and oxygen atoms in total. The summed E-state index contributed by atoms with van der Waals surface area (Å²) < 4.78 is 12.9. The van der Waals surface area contributed by atoms with Gasteiger partial charge in [0.2, 0.25) is 0 Å². The molecule has 0 aromatic heterocycles. The Bertz CT molecular complexity index is 307. The molecule has 0 aliphatic heterocycles. The highest BCUT2D eigenvalue weighted by molar-refractivity contribution is 5.85. The molecular formula is C11H17ClFNO. The molecule has 1 rings (SSSR count). The van der Waals surface area contributed by atoms with Crippen LogP contribution in [0, 0.1) is 5.82 Å². The van der Waals surface area contributed by atoms with E-state index in [4.69, 9.17) is 5.73 Å². The maximum absolute atomic E-state index is 12.9. The number of phenolic OH excluding ortho intramolecular Hbond substituents is 1. The van der Waals surface area contributed by atoms with Crippen LogP contribution in [0.4, 0.5) is 4.39 Å². The summed E-state index contributed by atoms with van der Waals surface area (Å²) in [6.45, 7) is 2.07. The Hall–Kier alpha value is -0.800. The van der Waals surface area contributed by atoms with Crippen LogP contribution < -0.4 is 5.73 Å². The molecule has 0 saturated carbocycles.